The van der Waals surface area contributed by atoms with Gasteiger partial charge < -0.3 is 15.5 Å². The van der Waals surface area contributed by atoms with E-state index in [4.69, 9.17) is 0 Å². The van der Waals surface area contributed by atoms with Crippen LogP contribution in [0.15, 0.2) is 45.8 Å². The first-order valence-electron chi connectivity index (χ1n) is 11.2. The second kappa shape index (κ2) is 10.4. The Morgan fingerprint density at radius 3 is 2.12 bits per heavy atom. The maximum absolute atomic E-state index is 13.3. The number of carbonyl (C=O) groups excluding carboxylic acids is 4. The lowest BCUT2D eigenvalue weighted by atomic mass is 9.70. The van der Waals surface area contributed by atoms with E-state index in [9.17, 15) is 19.2 Å². The van der Waals surface area contributed by atoms with Gasteiger partial charge in [-0.1, -0.05) is 30.0 Å². The van der Waals surface area contributed by atoms with Gasteiger partial charge in [-0.2, -0.15) is 0 Å². The maximum Gasteiger partial charge on any atom is 0.319 e. The minimum atomic E-state index is -0.396. The molecule has 0 aliphatic carbocycles. The van der Waals surface area contributed by atoms with E-state index < -0.39 is 6.03 Å². The van der Waals surface area contributed by atoms with Crippen LogP contribution in [-0.2, 0) is 14.4 Å². The molecule has 2 aliphatic rings. The number of piperidine rings is 2. The summed E-state index contributed by atoms with van der Waals surface area (Å²) in [7, 11) is 1.52. The van der Waals surface area contributed by atoms with Gasteiger partial charge in [0.05, 0.1) is 5.03 Å². The van der Waals surface area contributed by atoms with Crippen LogP contribution in [0.4, 0.5) is 4.79 Å². The largest absolute Gasteiger partial charge is 0.341 e. The van der Waals surface area contributed by atoms with E-state index in [1.165, 1.54) is 23.7 Å². The molecule has 0 atom stereocenters. The first kappa shape index (κ1) is 24.8. The number of benzene rings is 1. The molecule has 1 spiro atoms. The lowest BCUT2D eigenvalue weighted by Crippen LogP contribution is -2.54. The Labute approximate surface area is 199 Å². The Balaban J connectivity index is 1.72. The Bertz CT molecular complexity index is 932. The van der Waals surface area contributed by atoms with Crippen LogP contribution in [-0.4, -0.2) is 59.7 Å². The van der Waals surface area contributed by atoms with Crippen molar-refractivity contribution in [3.05, 3.63) is 40.9 Å². The van der Waals surface area contributed by atoms with Gasteiger partial charge in [0.25, 0.3) is 5.91 Å². The Hall–Kier alpha value is -2.81. The molecule has 0 aromatic heterocycles. The van der Waals surface area contributed by atoms with Crippen molar-refractivity contribution in [2.75, 3.05) is 20.1 Å². The molecule has 0 unspecified atom stereocenters. The number of urea groups is 1. The smallest absolute Gasteiger partial charge is 0.319 e. The van der Waals surface area contributed by atoms with Crippen molar-refractivity contribution in [2.45, 2.75) is 57.4 Å². The lowest BCUT2D eigenvalue weighted by Gasteiger charge is -2.46. The SMILES string of the molecule is CNC(=O)N/C(Sc1ccccc1)=C(/C)C(=O)N1CCC2(CC1)CC(=O)N(C(C)C)C(=O)C2. The Kier molecular flexibility index (Phi) is 7.84. The number of nitrogens with one attached hydrogen (secondary N) is 2. The number of hydrogen-bond acceptors (Lipinski definition) is 5. The van der Waals surface area contributed by atoms with Crippen molar-refractivity contribution in [1.29, 1.82) is 0 Å². The van der Waals surface area contributed by atoms with Gasteiger partial charge in [0, 0.05) is 49.5 Å². The van der Waals surface area contributed by atoms with Gasteiger partial charge in [-0.25, -0.2) is 4.79 Å². The van der Waals surface area contributed by atoms with Crippen LogP contribution in [0.2, 0.25) is 0 Å². The van der Waals surface area contributed by atoms with E-state index in [0.29, 0.717) is 49.4 Å². The lowest BCUT2D eigenvalue weighted by molar-refractivity contribution is -0.157. The molecular formula is C24H32N4O4S. The third-order valence-corrected chi connectivity index (χ3v) is 7.42. The number of amides is 5. The fraction of sp³-hybridized carbons (Fsp3) is 0.500. The van der Waals surface area contributed by atoms with Gasteiger partial charge in [-0.3, -0.25) is 19.3 Å². The zero-order valence-electron chi connectivity index (χ0n) is 19.6. The van der Waals surface area contributed by atoms with Gasteiger partial charge >= 0.3 is 6.03 Å². The molecule has 0 saturated carbocycles. The number of hydrogen-bond donors (Lipinski definition) is 2. The molecule has 33 heavy (non-hydrogen) atoms. The second-order valence-corrected chi connectivity index (χ2v) is 10.1. The first-order chi connectivity index (χ1) is 15.7. The topological polar surface area (TPSA) is 98.8 Å². The fourth-order valence-corrected chi connectivity index (χ4v) is 5.34. The van der Waals surface area contributed by atoms with Crippen LogP contribution in [0.5, 0.6) is 0 Å². The molecule has 9 heteroatoms. The van der Waals surface area contributed by atoms with E-state index in [-0.39, 0.29) is 29.2 Å². The molecule has 1 aromatic rings. The molecule has 2 fully saturated rings. The summed E-state index contributed by atoms with van der Waals surface area (Å²) in [6.45, 7) is 6.36. The highest BCUT2D eigenvalue weighted by molar-refractivity contribution is 8.03. The first-order valence-corrected chi connectivity index (χ1v) is 12.0. The van der Waals surface area contributed by atoms with E-state index >= 15 is 0 Å². The maximum atomic E-state index is 13.3. The summed E-state index contributed by atoms with van der Waals surface area (Å²) in [6.07, 6.45) is 1.92. The van der Waals surface area contributed by atoms with Crippen LogP contribution >= 0.6 is 11.8 Å². The third-order valence-electron chi connectivity index (χ3n) is 6.30. The highest BCUT2D eigenvalue weighted by Gasteiger charge is 2.46. The predicted octanol–water partition coefficient (Wildman–Crippen LogP) is 3.11. The van der Waals surface area contributed by atoms with Crippen molar-refractivity contribution in [2.24, 2.45) is 5.41 Å². The zero-order valence-corrected chi connectivity index (χ0v) is 20.5. The molecular weight excluding hydrogens is 440 g/mol. The highest BCUT2D eigenvalue weighted by atomic mass is 32.2. The average molecular weight is 473 g/mol. The summed E-state index contributed by atoms with van der Waals surface area (Å²) in [5, 5.41) is 5.77. The molecule has 2 N–H and O–H groups in total. The standard InChI is InChI=1S/C24H32N4O4S/c1-16(2)28-19(29)14-24(15-20(28)30)10-12-27(13-11-24)22(31)17(3)21(26-23(32)25-4)33-18-8-6-5-7-9-18/h5-9,16H,10-15H2,1-4H3,(H2,25,26,32)/b21-17+. The molecule has 1 aromatic carbocycles. The van der Waals surface area contributed by atoms with Crippen LogP contribution in [0.1, 0.15) is 46.5 Å². The summed E-state index contributed by atoms with van der Waals surface area (Å²) >= 11 is 1.32. The average Bonchev–Trinajstić information content (AvgIpc) is 2.78. The van der Waals surface area contributed by atoms with E-state index in [1.54, 1.807) is 11.8 Å². The summed E-state index contributed by atoms with van der Waals surface area (Å²) in [4.78, 5) is 54.5. The molecule has 3 rings (SSSR count). The molecule has 8 nitrogen and oxygen atoms in total. The van der Waals surface area contributed by atoms with Gasteiger partial charge in [0.2, 0.25) is 11.8 Å². The van der Waals surface area contributed by atoms with Gasteiger partial charge in [-0.15, -0.1) is 0 Å². The molecule has 2 heterocycles. The molecule has 0 radical (unpaired) electrons. The van der Waals surface area contributed by atoms with Crippen molar-refractivity contribution >= 4 is 35.5 Å². The van der Waals surface area contributed by atoms with Crippen molar-refractivity contribution in [3.8, 4) is 0 Å². The van der Waals surface area contributed by atoms with E-state index in [1.807, 2.05) is 44.2 Å². The summed E-state index contributed by atoms with van der Waals surface area (Å²) in [5.74, 6) is -0.390. The van der Waals surface area contributed by atoms with Crippen LogP contribution in [0.25, 0.3) is 0 Å². The quantitative estimate of drug-likeness (QED) is 0.390. The van der Waals surface area contributed by atoms with Gasteiger partial charge in [0.1, 0.15) is 0 Å². The van der Waals surface area contributed by atoms with Gasteiger partial charge in [-0.05, 0) is 51.2 Å². The third kappa shape index (κ3) is 5.76. The molecule has 178 valence electrons. The summed E-state index contributed by atoms with van der Waals surface area (Å²) in [5.41, 5.74) is 0.0841. The highest BCUT2D eigenvalue weighted by Crippen LogP contribution is 2.43. The normalized spacial score (nSPS) is 18.9. The monoisotopic (exact) mass is 472 g/mol. The minimum absolute atomic E-state index is 0.117. The van der Waals surface area contributed by atoms with Gasteiger partial charge in [0.15, 0.2) is 0 Å². The van der Waals surface area contributed by atoms with Crippen LogP contribution < -0.4 is 10.6 Å². The predicted molar refractivity (Wildman–Crippen MR) is 127 cm³/mol. The number of likely N-dealkylation sites (tertiary alicyclic amines) is 2. The van der Waals surface area contributed by atoms with E-state index in [2.05, 4.69) is 10.6 Å². The van der Waals surface area contributed by atoms with Crippen molar-refractivity contribution in [1.82, 2.24) is 20.4 Å². The molecule has 0 bridgehead atoms. The molecule has 2 aliphatic heterocycles. The van der Waals surface area contributed by atoms with Crippen LogP contribution in [0.3, 0.4) is 0 Å². The van der Waals surface area contributed by atoms with Crippen LogP contribution in [0, 0.1) is 5.41 Å². The minimum Gasteiger partial charge on any atom is -0.341 e. The Morgan fingerprint density at radius 1 is 1.03 bits per heavy atom. The number of carbonyl (C=O) groups is 4. The molecule has 5 amide bonds. The van der Waals surface area contributed by atoms with Crippen molar-refractivity contribution < 1.29 is 19.2 Å². The summed E-state index contributed by atoms with van der Waals surface area (Å²) in [6, 6.07) is 8.99. The summed E-state index contributed by atoms with van der Waals surface area (Å²) < 4.78 is 0. The number of nitrogens with zero attached hydrogens (tertiary/aromatic N) is 2. The molecule has 2 saturated heterocycles. The Morgan fingerprint density at radius 2 is 1.61 bits per heavy atom. The number of rotatable bonds is 5. The fourth-order valence-electron chi connectivity index (χ4n) is 4.43. The number of thioether (sulfide) groups is 1. The number of imide groups is 1. The zero-order chi connectivity index (χ0) is 24.2. The second-order valence-electron chi connectivity index (χ2n) is 8.97. The van der Waals surface area contributed by atoms with E-state index in [0.717, 1.165) is 4.90 Å². The van der Waals surface area contributed by atoms with Crippen molar-refractivity contribution in [3.63, 3.8) is 0 Å².